The Kier molecular flexibility index (Phi) is 2.17. The molecule has 2 rings (SSSR count). The van der Waals surface area contributed by atoms with Crippen molar-refractivity contribution in [2.24, 2.45) is 17.8 Å². The van der Waals surface area contributed by atoms with E-state index >= 15 is 0 Å². The van der Waals surface area contributed by atoms with E-state index in [-0.39, 0.29) is 0 Å². The Hall–Kier alpha value is -0.0400. The van der Waals surface area contributed by atoms with Gasteiger partial charge in [0.15, 0.2) is 0 Å². The van der Waals surface area contributed by atoms with Crippen LogP contribution in [0.15, 0.2) is 0 Å². The minimum Gasteiger partial charge on any atom is -0.396 e. The summed E-state index contributed by atoms with van der Waals surface area (Å²) in [7, 11) is 0. The van der Waals surface area contributed by atoms with Crippen molar-refractivity contribution in [2.45, 2.75) is 38.5 Å². The molecule has 2 saturated carbocycles. The molecule has 1 N–H and O–H groups in total. The molecule has 0 aromatic rings. The fraction of sp³-hybridized carbons (Fsp3) is 1.00. The Morgan fingerprint density at radius 1 is 1.18 bits per heavy atom. The summed E-state index contributed by atoms with van der Waals surface area (Å²) in [6.45, 7) is 0.390. The Bertz CT molecular complexity index is 129. The van der Waals surface area contributed by atoms with Crippen LogP contribution in [0.2, 0.25) is 0 Å². The van der Waals surface area contributed by atoms with Gasteiger partial charge < -0.3 is 5.11 Å². The highest BCUT2D eigenvalue weighted by Gasteiger charge is 2.46. The van der Waals surface area contributed by atoms with Gasteiger partial charge in [0.05, 0.1) is 0 Å². The molecule has 0 amide bonds. The predicted molar refractivity (Wildman–Crippen MR) is 45.3 cm³/mol. The number of rotatable bonds is 5. The summed E-state index contributed by atoms with van der Waals surface area (Å²) in [4.78, 5) is 0. The van der Waals surface area contributed by atoms with E-state index in [1.807, 2.05) is 0 Å². The van der Waals surface area contributed by atoms with E-state index in [0.29, 0.717) is 6.61 Å². The number of hydrogen-bond donors (Lipinski definition) is 1. The molecular weight excluding hydrogens is 136 g/mol. The molecule has 2 atom stereocenters. The molecule has 0 heterocycles. The van der Waals surface area contributed by atoms with Crippen LogP contribution in [0.1, 0.15) is 38.5 Å². The molecule has 0 radical (unpaired) electrons. The van der Waals surface area contributed by atoms with Crippen molar-refractivity contribution in [1.29, 1.82) is 0 Å². The maximum absolute atomic E-state index is 8.59. The highest BCUT2D eigenvalue weighted by molar-refractivity contribution is 4.96. The third kappa shape index (κ3) is 1.96. The summed E-state index contributed by atoms with van der Waals surface area (Å²) in [6.07, 6.45) is 8.21. The summed E-state index contributed by atoms with van der Waals surface area (Å²) >= 11 is 0. The largest absolute Gasteiger partial charge is 0.396 e. The van der Waals surface area contributed by atoms with Gasteiger partial charge in [-0.25, -0.2) is 0 Å². The second-order valence-electron chi connectivity index (χ2n) is 4.22. The molecule has 0 aliphatic heterocycles. The van der Waals surface area contributed by atoms with Crippen molar-refractivity contribution in [3.63, 3.8) is 0 Å². The molecule has 2 aliphatic carbocycles. The smallest absolute Gasteiger partial charge is 0.0431 e. The van der Waals surface area contributed by atoms with Crippen LogP contribution in [0.4, 0.5) is 0 Å². The first-order valence-corrected chi connectivity index (χ1v) is 5.02. The molecular formula is C10H18O. The van der Waals surface area contributed by atoms with E-state index in [1.165, 1.54) is 32.1 Å². The van der Waals surface area contributed by atoms with Crippen LogP contribution in [0.3, 0.4) is 0 Å². The molecule has 0 aromatic carbocycles. The molecule has 64 valence electrons. The Balaban J connectivity index is 1.53. The van der Waals surface area contributed by atoms with Crippen LogP contribution in [-0.2, 0) is 0 Å². The van der Waals surface area contributed by atoms with Gasteiger partial charge in [-0.3, -0.25) is 0 Å². The molecule has 0 aromatic heterocycles. The maximum atomic E-state index is 8.59. The van der Waals surface area contributed by atoms with E-state index < -0.39 is 0 Å². The molecule has 0 bridgehead atoms. The van der Waals surface area contributed by atoms with Crippen molar-refractivity contribution in [3.8, 4) is 0 Å². The first-order valence-electron chi connectivity index (χ1n) is 5.02. The monoisotopic (exact) mass is 154 g/mol. The molecule has 1 heteroatoms. The summed E-state index contributed by atoms with van der Waals surface area (Å²) in [5.41, 5.74) is 0. The van der Waals surface area contributed by atoms with Gasteiger partial charge in [-0.05, 0) is 43.4 Å². The quantitative estimate of drug-likeness (QED) is 0.602. The third-order valence-corrected chi connectivity index (χ3v) is 3.19. The number of unbranched alkanes of at least 4 members (excludes halogenated alkanes) is 1. The SMILES string of the molecule is OCCCC[C@@H]1C[C@H]1C1CC1. The molecule has 0 saturated heterocycles. The Morgan fingerprint density at radius 3 is 2.64 bits per heavy atom. The number of hydrogen-bond acceptors (Lipinski definition) is 1. The van der Waals surface area contributed by atoms with Gasteiger partial charge in [-0.15, -0.1) is 0 Å². The molecule has 2 fully saturated rings. The predicted octanol–water partition coefficient (Wildman–Crippen LogP) is 2.20. The zero-order valence-electron chi connectivity index (χ0n) is 7.13. The second kappa shape index (κ2) is 3.14. The fourth-order valence-electron chi connectivity index (χ4n) is 2.22. The van der Waals surface area contributed by atoms with Crippen LogP contribution in [-0.4, -0.2) is 11.7 Å². The van der Waals surface area contributed by atoms with E-state index in [1.54, 1.807) is 0 Å². The van der Waals surface area contributed by atoms with Crippen LogP contribution < -0.4 is 0 Å². The van der Waals surface area contributed by atoms with E-state index in [9.17, 15) is 0 Å². The maximum Gasteiger partial charge on any atom is 0.0431 e. The Labute approximate surface area is 68.8 Å². The standard InChI is InChI=1S/C10H18O/c11-6-2-1-3-9-7-10(9)8-4-5-8/h8-11H,1-7H2/t9-,10+/m1/s1. The van der Waals surface area contributed by atoms with E-state index in [4.69, 9.17) is 5.11 Å². The number of aliphatic hydroxyl groups excluding tert-OH is 1. The minimum absolute atomic E-state index is 0.390. The van der Waals surface area contributed by atoms with Crippen molar-refractivity contribution in [2.75, 3.05) is 6.61 Å². The van der Waals surface area contributed by atoms with E-state index in [0.717, 1.165) is 24.2 Å². The number of aliphatic hydroxyl groups is 1. The lowest BCUT2D eigenvalue weighted by molar-refractivity contribution is 0.281. The minimum atomic E-state index is 0.390. The summed E-state index contributed by atoms with van der Waals surface area (Å²) in [5, 5.41) is 8.59. The van der Waals surface area contributed by atoms with Gasteiger partial charge in [0.2, 0.25) is 0 Å². The first-order chi connectivity index (χ1) is 5.42. The zero-order valence-corrected chi connectivity index (χ0v) is 7.13. The summed E-state index contributed by atoms with van der Waals surface area (Å²) in [5.74, 6) is 3.32. The van der Waals surface area contributed by atoms with Gasteiger partial charge in [0.1, 0.15) is 0 Å². The van der Waals surface area contributed by atoms with Crippen molar-refractivity contribution >= 4 is 0 Å². The normalized spacial score (nSPS) is 35.7. The second-order valence-corrected chi connectivity index (χ2v) is 4.22. The lowest BCUT2D eigenvalue weighted by Gasteiger charge is -1.96. The van der Waals surface area contributed by atoms with Crippen molar-refractivity contribution < 1.29 is 5.11 Å². The lowest BCUT2D eigenvalue weighted by atomic mass is 10.1. The fourth-order valence-corrected chi connectivity index (χ4v) is 2.22. The van der Waals surface area contributed by atoms with E-state index in [2.05, 4.69) is 0 Å². The van der Waals surface area contributed by atoms with Crippen LogP contribution >= 0.6 is 0 Å². The first kappa shape index (κ1) is 7.60. The lowest BCUT2D eigenvalue weighted by Crippen LogP contribution is -1.87. The highest BCUT2D eigenvalue weighted by Crippen LogP contribution is 2.55. The molecule has 11 heavy (non-hydrogen) atoms. The van der Waals surface area contributed by atoms with Gasteiger partial charge in [-0.1, -0.05) is 12.8 Å². The Morgan fingerprint density at radius 2 is 2.00 bits per heavy atom. The van der Waals surface area contributed by atoms with Crippen LogP contribution in [0.5, 0.6) is 0 Å². The third-order valence-electron chi connectivity index (χ3n) is 3.19. The molecule has 1 nitrogen and oxygen atoms in total. The molecule has 0 spiro atoms. The average Bonchev–Trinajstić information content (AvgIpc) is 2.83. The summed E-state index contributed by atoms with van der Waals surface area (Å²) < 4.78 is 0. The topological polar surface area (TPSA) is 20.2 Å². The average molecular weight is 154 g/mol. The van der Waals surface area contributed by atoms with Crippen LogP contribution in [0.25, 0.3) is 0 Å². The highest BCUT2D eigenvalue weighted by atomic mass is 16.2. The molecule has 0 unspecified atom stereocenters. The van der Waals surface area contributed by atoms with Crippen LogP contribution in [0, 0.1) is 17.8 Å². The van der Waals surface area contributed by atoms with Crippen molar-refractivity contribution in [3.05, 3.63) is 0 Å². The summed E-state index contributed by atoms with van der Waals surface area (Å²) in [6, 6.07) is 0. The van der Waals surface area contributed by atoms with Gasteiger partial charge >= 0.3 is 0 Å². The zero-order chi connectivity index (χ0) is 7.68. The molecule has 2 aliphatic rings. The van der Waals surface area contributed by atoms with Gasteiger partial charge in [-0.2, -0.15) is 0 Å². The van der Waals surface area contributed by atoms with Gasteiger partial charge in [0.25, 0.3) is 0 Å². The van der Waals surface area contributed by atoms with Gasteiger partial charge in [0, 0.05) is 6.61 Å². The van der Waals surface area contributed by atoms with Crippen molar-refractivity contribution in [1.82, 2.24) is 0 Å².